The third kappa shape index (κ3) is 4.27. The van der Waals surface area contributed by atoms with E-state index in [1.807, 2.05) is 13.8 Å². The quantitative estimate of drug-likeness (QED) is 0.611. The van der Waals surface area contributed by atoms with E-state index in [2.05, 4.69) is 0 Å². The van der Waals surface area contributed by atoms with E-state index in [1.165, 1.54) is 0 Å². The summed E-state index contributed by atoms with van der Waals surface area (Å²) in [6, 6.07) is 0. The fraction of sp³-hybridized carbons (Fsp3) is 0.900. The van der Waals surface area contributed by atoms with Gasteiger partial charge in [0.1, 0.15) is 0 Å². The molecule has 0 unspecified atom stereocenters. The van der Waals surface area contributed by atoms with Crippen LogP contribution in [0, 0.1) is 5.41 Å². The third-order valence-electron chi connectivity index (χ3n) is 2.14. The average Bonchev–Trinajstić information content (AvgIpc) is 2.03. The highest BCUT2D eigenvalue weighted by molar-refractivity contribution is 5.81. The molecule has 0 bridgehead atoms. The standard InChI is InChI=1S/C10H21NO2/c1-10(2,7-6-8-13-5)9(12)11(3)4/h6-8H2,1-5H3. The minimum Gasteiger partial charge on any atom is -0.385 e. The molecule has 0 aliphatic carbocycles. The molecular weight excluding hydrogens is 166 g/mol. The molecule has 0 rings (SSSR count). The van der Waals surface area contributed by atoms with Gasteiger partial charge < -0.3 is 9.64 Å². The van der Waals surface area contributed by atoms with E-state index in [0.29, 0.717) is 0 Å². The van der Waals surface area contributed by atoms with Gasteiger partial charge >= 0.3 is 0 Å². The number of ether oxygens (including phenoxy) is 1. The molecular formula is C10H21NO2. The number of hydrogen-bond acceptors (Lipinski definition) is 2. The predicted molar refractivity (Wildman–Crippen MR) is 53.6 cm³/mol. The minimum absolute atomic E-state index is 0.184. The Bertz CT molecular complexity index is 164. The Morgan fingerprint density at radius 1 is 1.38 bits per heavy atom. The molecule has 0 aliphatic heterocycles. The van der Waals surface area contributed by atoms with Crippen LogP contribution in [0.2, 0.25) is 0 Å². The third-order valence-corrected chi connectivity index (χ3v) is 2.14. The number of rotatable bonds is 5. The summed E-state index contributed by atoms with van der Waals surface area (Å²) in [5, 5.41) is 0. The minimum atomic E-state index is -0.262. The van der Waals surface area contributed by atoms with Gasteiger partial charge in [-0.3, -0.25) is 4.79 Å². The summed E-state index contributed by atoms with van der Waals surface area (Å²) in [6.45, 7) is 4.68. The lowest BCUT2D eigenvalue weighted by molar-refractivity contribution is -0.138. The van der Waals surface area contributed by atoms with Gasteiger partial charge in [0, 0.05) is 33.2 Å². The molecule has 0 aromatic rings. The second kappa shape index (κ2) is 5.22. The van der Waals surface area contributed by atoms with Crippen molar-refractivity contribution in [2.75, 3.05) is 27.8 Å². The maximum Gasteiger partial charge on any atom is 0.227 e. The Labute approximate surface area is 81.1 Å². The molecule has 13 heavy (non-hydrogen) atoms. The lowest BCUT2D eigenvalue weighted by Gasteiger charge is -2.26. The lowest BCUT2D eigenvalue weighted by Crippen LogP contribution is -2.36. The fourth-order valence-corrected chi connectivity index (χ4v) is 1.37. The largest absolute Gasteiger partial charge is 0.385 e. The number of methoxy groups -OCH3 is 1. The molecule has 1 amide bonds. The first-order valence-electron chi connectivity index (χ1n) is 4.62. The van der Waals surface area contributed by atoms with E-state index in [0.717, 1.165) is 19.4 Å². The molecule has 0 atom stereocenters. The normalized spacial score (nSPS) is 11.5. The molecule has 0 aromatic carbocycles. The van der Waals surface area contributed by atoms with Gasteiger partial charge in [-0.1, -0.05) is 13.8 Å². The summed E-state index contributed by atoms with van der Waals surface area (Å²) in [7, 11) is 5.27. The van der Waals surface area contributed by atoms with E-state index in [4.69, 9.17) is 4.74 Å². The molecule has 0 radical (unpaired) electrons. The van der Waals surface area contributed by atoms with Gasteiger partial charge in [0.15, 0.2) is 0 Å². The Morgan fingerprint density at radius 2 is 1.92 bits per heavy atom. The highest BCUT2D eigenvalue weighted by atomic mass is 16.5. The van der Waals surface area contributed by atoms with Crippen LogP contribution in [0.3, 0.4) is 0 Å². The van der Waals surface area contributed by atoms with Gasteiger partial charge in [0.05, 0.1) is 0 Å². The van der Waals surface area contributed by atoms with Gasteiger partial charge in [0.25, 0.3) is 0 Å². The number of carbonyl (C=O) groups excluding carboxylic acids is 1. The Hall–Kier alpha value is -0.570. The van der Waals surface area contributed by atoms with E-state index in [1.54, 1.807) is 26.1 Å². The second-order valence-corrected chi connectivity index (χ2v) is 4.18. The predicted octanol–water partition coefficient (Wildman–Crippen LogP) is 1.53. The first-order valence-corrected chi connectivity index (χ1v) is 4.62. The zero-order valence-electron chi connectivity index (χ0n) is 9.39. The van der Waals surface area contributed by atoms with E-state index < -0.39 is 0 Å². The smallest absolute Gasteiger partial charge is 0.227 e. The van der Waals surface area contributed by atoms with Crippen molar-refractivity contribution < 1.29 is 9.53 Å². The zero-order valence-corrected chi connectivity index (χ0v) is 9.39. The van der Waals surface area contributed by atoms with Crippen LogP contribution in [-0.2, 0) is 9.53 Å². The van der Waals surface area contributed by atoms with Crippen LogP contribution in [0.1, 0.15) is 26.7 Å². The molecule has 0 fully saturated rings. The van der Waals surface area contributed by atoms with Crippen molar-refractivity contribution in [3.8, 4) is 0 Å². The van der Waals surface area contributed by atoms with Gasteiger partial charge in [-0.05, 0) is 12.8 Å². The van der Waals surface area contributed by atoms with Gasteiger partial charge in [0.2, 0.25) is 5.91 Å². The summed E-state index contributed by atoms with van der Waals surface area (Å²) in [5.41, 5.74) is -0.262. The Kier molecular flexibility index (Phi) is 4.99. The molecule has 0 spiro atoms. The molecule has 3 nitrogen and oxygen atoms in total. The first kappa shape index (κ1) is 12.4. The van der Waals surface area contributed by atoms with Crippen LogP contribution >= 0.6 is 0 Å². The molecule has 3 heteroatoms. The summed E-state index contributed by atoms with van der Waals surface area (Å²) < 4.78 is 4.95. The SMILES string of the molecule is COCCCC(C)(C)C(=O)N(C)C. The van der Waals surface area contributed by atoms with Crippen molar-refractivity contribution in [1.82, 2.24) is 4.90 Å². The monoisotopic (exact) mass is 187 g/mol. The number of amides is 1. The highest BCUT2D eigenvalue weighted by Gasteiger charge is 2.28. The molecule has 0 saturated carbocycles. The topological polar surface area (TPSA) is 29.5 Å². The summed E-state index contributed by atoms with van der Waals surface area (Å²) >= 11 is 0. The van der Waals surface area contributed by atoms with Crippen molar-refractivity contribution >= 4 is 5.91 Å². The Morgan fingerprint density at radius 3 is 2.31 bits per heavy atom. The van der Waals surface area contributed by atoms with Crippen molar-refractivity contribution in [1.29, 1.82) is 0 Å². The zero-order chi connectivity index (χ0) is 10.5. The number of nitrogens with zero attached hydrogens (tertiary/aromatic N) is 1. The molecule has 0 heterocycles. The van der Waals surface area contributed by atoms with E-state index in [9.17, 15) is 4.79 Å². The van der Waals surface area contributed by atoms with Gasteiger partial charge in [-0.15, -0.1) is 0 Å². The molecule has 0 saturated heterocycles. The van der Waals surface area contributed by atoms with Crippen LogP contribution in [0.25, 0.3) is 0 Å². The van der Waals surface area contributed by atoms with Crippen molar-refractivity contribution in [3.63, 3.8) is 0 Å². The fourth-order valence-electron chi connectivity index (χ4n) is 1.37. The van der Waals surface area contributed by atoms with E-state index in [-0.39, 0.29) is 11.3 Å². The molecule has 78 valence electrons. The highest BCUT2D eigenvalue weighted by Crippen LogP contribution is 2.24. The van der Waals surface area contributed by atoms with Crippen molar-refractivity contribution in [2.45, 2.75) is 26.7 Å². The van der Waals surface area contributed by atoms with Crippen LogP contribution < -0.4 is 0 Å². The average molecular weight is 187 g/mol. The second-order valence-electron chi connectivity index (χ2n) is 4.18. The molecule has 0 aromatic heterocycles. The summed E-state index contributed by atoms with van der Waals surface area (Å²) in [4.78, 5) is 13.3. The van der Waals surface area contributed by atoms with Crippen molar-refractivity contribution in [3.05, 3.63) is 0 Å². The molecule has 0 N–H and O–H groups in total. The van der Waals surface area contributed by atoms with Crippen LogP contribution in [0.15, 0.2) is 0 Å². The summed E-state index contributed by atoms with van der Waals surface area (Å²) in [5.74, 6) is 0.184. The van der Waals surface area contributed by atoms with Crippen LogP contribution in [-0.4, -0.2) is 38.6 Å². The van der Waals surface area contributed by atoms with Crippen LogP contribution in [0.4, 0.5) is 0 Å². The van der Waals surface area contributed by atoms with Gasteiger partial charge in [-0.2, -0.15) is 0 Å². The maximum atomic E-state index is 11.6. The van der Waals surface area contributed by atoms with Gasteiger partial charge in [-0.25, -0.2) is 0 Å². The summed E-state index contributed by atoms with van der Waals surface area (Å²) in [6.07, 6.45) is 1.81. The lowest BCUT2D eigenvalue weighted by atomic mass is 9.86. The number of hydrogen-bond donors (Lipinski definition) is 0. The Balaban J connectivity index is 3.99. The van der Waals surface area contributed by atoms with E-state index >= 15 is 0 Å². The van der Waals surface area contributed by atoms with Crippen molar-refractivity contribution in [2.24, 2.45) is 5.41 Å². The molecule has 0 aliphatic rings. The number of carbonyl (C=O) groups is 1. The van der Waals surface area contributed by atoms with Crippen LogP contribution in [0.5, 0.6) is 0 Å². The first-order chi connectivity index (χ1) is 5.91. The maximum absolute atomic E-state index is 11.6.